The lowest BCUT2D eigenvalue weighted by atomic mass is 9.84. The van der Waals surface area contributed by atoms with E-state index >= 15 is 0 Å². The van der Waals surface area contributed by atoms with Gasteiger partial charge in [-0.3, -0.25) is 0 Å². The van der Waals surface area contributed by atoms with E-state index in [-0.39, 0.29) is 5.60 Å². The van der Waals surface area contributed by atoms with E-state index in [1.54, 1.807) is 0 Å². The van der Waals surface area contributed by atoms with Crippen LogP contribution < -0.4 is 5.32 Å². The van der Waals surface area contributed by atoms with Gasteiger partial charge in [0.25, 0.3) is 0 Å². The quantitative estimate of drug-likeness (QED) is 0.777. The molecular formula is C14H29NO. The molecule has 0 spiro atoms. The number of likely N-dealkylation sites (N-methyl/N-ethyl adjacent to an activating group) is 1. The number of hydrogen-bond acceptors (Lipinski definition) is 2. The molecule has 1 rings (SSSR count). The van der Waals surface area contributed by atoms with Crippen LogP contribution in [0, 0.1) is 5.92 Å². The lowest BCUT2D eigenvalue weighted by Crippen LogP contribution is -2.48. The summed E-state index contributed by atoms with van der Waals surface area (Å²) in [6.07, 6.45) is 5.29. The van der Waals surface area contributed by atoms with Gasteiger partial charge in [0.15, 0.2) is 0 Å². The van der Waals surface area contributed by atoms with Crippen LogP contribution in [0.4, 0.5) is 0 Å². The molecule has 0 saturated heterocycles. The van der Waals surface area contributed by atoms with Crippen LogP contribution in [0.1, 0.15) is 60.3 Å². The van der Waals surface area contributed by atoms with Crippen molar-refractivity contribution in [2.45, 2.75) is 78.0 Å². The number of hydrogen-bond donors (Lipinski definition) is 1. The first-order chi connectivity index (χ1) is 7.48. The molecule has 16 heavy (non-hydrogen) atoms. The van der Waals surface area contributed by atoms with Gasteiger partial charge >= 0.3 is 0 Å². The Morgan fingerprint density at radius 2 is 1.94 bits per heavy atom. The van der Waals surface area contributed by atoms with Crippen molar-refractivity contribution in [3.8, 4) is 0 Å². The molecule has 0 amide bonds. The van der Waals surface area contributed by atoms with Gasteiger partial charge in [-0.25, -0.2) is 0 Å². The van der Waals surface area contributed by atoms with E-state index in [2.05, 4.69) is 39.9 Å². The van der Waals surface area contributed by atoms with E-state index < -0.39 is 0 Å². The average Bonchev–Trinajstić information content (AvgIpc) is 2.22. The summed E-state index contributed by atoms with van der Waals surface area (Å²) >= 11 is 0. The first-order valence-corrected chi connectivity index (χ1v) is 6.89. The zero-order chi connectivity index (χ0) is 12.2. The largest absolute Gasteiger partial charge is 0.371 e. The summed E-state index contributed by atoms with van der Waals surface area (Å²) in [5.41, 5.74) is 0.0232. The molecule has 1 saturated carbocycles. The fraction of sp³-hybridized carbons (Fsp3) is 1.00. The van der Waals surface area contributed by atoms with Crippen LogP contribution in [-0.2, 0) is 4.74 Å². The van der Waals surface area contributed by atoms with Crippen LogP contribution in [0.15, 0.2) is 0 Å². The smallest absolute Gasteiger partial charge is 0.0737 e. The van der Waals surface area contributed by atoms with Gasteiger partial charge in [0, 0.05) is 6.04 Å². The van der Waals surface area contributed by atoms with E-state index in [1.807, 2.05) is 0 Å². The molecule has 0 aliphatic heterocycles. The molecule has 0 aromatic heterocycles. The number of nitrogens with one attached hydrogen (secondary N) is 1. The molecule has 96 valence electrons. The molecule has 0 bridgehead atoms. The minimum absolute atomic E-state index is 0.0232. The van der Waals surface area contributed by atoms with Crippen LogP contribution >= 0.6 is 0 Å². The van der Waals surface area contributed by atoms with Gasteiger partial charge in [-0.1, -0.05) is 20.8 Å². The van der Waals surface area contributed by atoms with Gasteiger partial charge in [0.2, 0.25) is 0 Å². The topological polar surface area (TPSA) is 21.3 Å². The molecular weight excluding hydrogens is 198 g/mol. The summed E-state index contributed by atoms with van der Waals surface area (Å²) in [4.78, 5) is 0. The second kappa shape index (κ2) is 6.02. The monoisotopic (exact) mass is 227 g/mol. The molecule has 3 atom stereocenters. The highest BCUT2D eigenvalue weighted by atomic mass is 16.5. The fourth-order valence-electron chi connectivity index (χ4n) is 2.45. The molecule has 2 nitrogen and oxygen atoms in total. The number of rotatable bonds is 5. The Kier molecular flexibility index (Phi) is 5.26. The van der Waals surface area contributed by atoms with Crippen molar-refractivity contribution in [3.63, 3.8) is 0 Å². The maximum atomic E-state index is 6.30. The normalized spacial score (nSPS) is 31.7. The Morgan fingerprint density at radius 3 is 2.50 bits per heavy atom. The minimum atomic E-state index is 0.0232. The Bertz CT molecular complexity index is 203. The van der Waals surface area contributed by atoms with Crippen molar-refractivity contribution in [3.05, 3.63) is 0 Å². The first-order valence-electron chi connectivity index (χ1n) is 6.89. The van der Waals surface area contributed by atoms with Gasteiger partial charge < -0.3 is 10.1 Å². The lowest BCUT2D eigenvalue weighted by molar-refractivity contribution is -0.105. The SMILES string of the molecule is CCNC1CCC(C)CC1OC(C)(C)CC. The molecule has 0 aromatic carbocycles. The van der Waals surface area contributed by atoms with E-state index in [1.165, 1.54) is 19.3 Å². The Balaban J connectivity index is 2.57. The molecule has 1 N–H and O–H groups in total. The summed E-state index contributed by atoms with van der Waals surface area (Å²) in [6, 6.07) is 0.562. The predicted octanol–water partition coefficient (Wildman–Crippen LogP) is 3.36. The van der Waals surface area contributed by atoms with Crippen molar-refractivity contribution >= 4 is 0 Å². The predicted molar refractivity (Wildman–Crippen MR) is 69.7 cm³/mol. The molecule has 1 aliphatic rings. The van der Waals surface area contributed by atoms with Gasteiger partial charge in [0.05, 0.1) is 11.7 Å². The molecule has 2 heteroatoms. The lowest BCUT2D eigenvalue weighted by Gasteiger charge is -2.40. The summed E-state index contributed by atoms with van der Waals surface area (Å²) in [6.45, 7) is 12.2. The summed E-state index contributed by atoms with van der Waals surface area (Å²) in [5.74, 6) is 0.813. The third kappa shape index (κ3) is 4.06. The van der Waals surface area contributed by atoms with Gasteiger partial charge in [-0.05, 0) is 52.0 Å². The van der Waals surface area contributed by atoms with Gasteiger partial charge in [-0.15, -0.1) is 0 Å². The minimum Gasteiger partial charge on any atom is -0.371 e. The average molecular weight is 227 g/mol. The van der Waals surface area contributed by atoms with Crippen LogP contribution in [0.3, 0.4) is 0 Å². The third-order valence-corrected chi connectivity index (χ3v) is 3.84. The van der Waals surface area contributed by atoms with Gasteiger partial charge in [-0.2, -0.15) is 0 Å². The zero-order valence-corrected chi connectivity index (χ0v) is 11.7. The standard InChI is InChI=1S/C14H29NO/c1-6-14(4,5)16-13-10-11(3)8-9-12(13)15-7-2/h11-13,15H,6-10H2,1-5H3. The summed E-state index contributed by atoms with van der Waals surface area (Å²) in [5, 5.41) is 3.58. The molecule has 0 aromatic rings. The summed E-state index contributed by atoms with van der Waals surface area (Å²) < 4.78 is 6.30. The van der Waals surface area contributed by atoms with E-state index in [9.17, 15) is 0 Å². The highest BCUT2D eigenvalue weighted by Gasteiger charge is 2.32. The van der Waals surface area contributed by atoms with Crippen molar-refractivity contribution in [1.29, 1.82) is 0 Å². The second-order valence-corrected chi connectivity index (χ2v) is 5.85. The second-order valence-electron chi connectivity index (χ2n) is 5.85. The zero-order valence-electron chi connectivity index (χ0n) is 11.7. The fourth-order valence-corrected chi connectivity index (χ4v) is 2.45. The van der Waals surface area contributed by atoms with Crippen molar-refractivity contribution in [2.24, 2.45) is 5.92 Å². The highest BCUT2D eigenvalue weighted by molar-refractivity contribution is 4.86. The van der Waals surface area contributed by atoms with E-state index in [0.717, 1.165) is 18.9 Å². The third-order valence-electron chi connectivity index (χ3n) is 3.84. The highest BCUT2D eigenvalue weighted by Crippen LogP contribution is 2.30. The Labute approximate surface area is 101 Å². The van der Waals surface area contributed by atoms with Crippen LogP contribution in [0.5, 0.6) is 0 Å². The number of ether oxygens (including phenoxy) is 1. The molecule has 1 aliphatic carbocycles. The Hall–Kier alpha value is -0.0800. The van der Waals surface area contributed by atoms with E-state index in [0.29, 0.717) is 12.1 Å². The van der Waals surface area contributed by atoms with Crippen molar-refractivity contribution in [2.75, 3.05) is 6.54 Å². The molecule has 3 unspecified atom stereocenters. The maximum absolute atomic E-state index is 6.30. The maximum Gasteiger partial charge on any atom is 0.0737 e. The van der Waals surface area contributed by atoms with Crippen LogP contribution in [0.25, 0.3) is 0 Å². The molecule has 0 radical (unpaired) electrons. The van der Waals surface area contributed by atoms with Crippen molar-refractivity contribution in [1.82, 2.24) is 5.32 Å². The molecule has 0 heterocycles. The Morgan fingerprint density at radius 1 is 1.25 bits per heavy atom. The first kappa shape index (κ1) is 14.0. The van der Waals surface area contributed by atoms with Crippen molar-refractivity contribution < 1.29 is 4.74 Å². The van der Waals surface area contributed by atoms with Gasteiger partial charge in [0.1, 0.15) is 0 Å². The molecule has 1 fully saturated rings. The summed E-state index contributed by atoms with van der Waals surface area (Å²) in [7, 11) is 0. The van der Waals surface area contributed by atoms with Crippen LogP contribution in [0.2, 0.25) is 0 Å². The van der Waals surface area contributed by atoms with E-state index in [4.69, 9.17) is 4.74 Å². The van der Waals surface area contributed by atoms with Crippen LogP contribution in [-0.4, -0.2) is 24.3 Å².